The Morgan fingerprint density at radius 2 is 2.22 bits per heavy atom. The van der Waals surface area contributed by atoms with Crippen molar-refractivity contribution in [1.29, 1.82) is 0 Å². The maximum atomic E-state index is 13.8. The van der Waals surface area contributed by atoms with Crippen LogP contribution in [0.15, 0.2) is 22.7 Å². The van der Waals surface area contributed by atoms with E-state index in [4.69, 9.17) is 0 Å². The number of hydrogen-bond acceptors (Lipinski definition) is 4. The van der Waals surface area contributed by atoms with Gasteiger partial charge in [-0.05, 0) is 29.7 Å². The van der Waals surface area contributed by atoms with E-state index in [-0.39, 0.29) is 5.82 Å². The monoisotopic (exact) mass is 329 g/mol. The zero-order valence-corrected chi connectivity index (χ0v) is 12.5. The Kier molecular flexibility index (Phi) is 4.42. The summed E-state index contributed by atoms with van der Waals surface area (Å²) in [5, 5.41) is 7.32. The number of nitrogens with zero attached hydrogens (tertiary/aromatic N) is 2. The first kappa shape index (κ1) is 13.6. The van der Waals surface area contributed by atoms with Gasteiger partial charge in [0.1, 0.15) is 11.5 Å². The number of hydrogen-bond donors (Lipinski definition) is 1. The van der Waals surface area contributed by atoms with Gasteiger partial charge in [0.2, 0.25) is 0 Å². The van der Waals surface area contributed by atoms with Crippen molar-refractivity contribution in [3.8, 4) is 11.3 Å². The van der Waals surface area contributed by atoms with Crippen LogP contribution in [0.4, 0.5) is 4.39 Å². The van der Waals surface area contributed by atoms with Crippen molar-refractivity contribution in [3.05, 3.63) is 33.4 Å². The Hall–Kier alpha value is -0.850. The van der Waals surface area contributed by atoms with E-state index in [1.54, 1.807) is 12.1 Å². The van der Waals surface area contributed by atoms with Gasteiger partial charge in [0.25, 0.3) is 0 Å². The van der Waals surface area contributed by atoms with E-state index >= 15 is 0 Å². The third-order valence-electron chi connectivity index (χ3n) is 2.41. The van der Waals surface area contributed by atoms with Crippen molar-refractivity contribution in [1.82, 2.24) is 14.9 Å². The SMILES string of the molecule is CC(C)NCc1snnc1-c1cc(Br)ccc1F. The van der Waals surface area contributed by atoms with Gasteiger partial charge in [0.15, 0.2) is 0 Å². The third kappa shape index (κ3) is 3.13. The van der Waals surface area contributed by atoms with Crippen LogP contribution in [0.25, 0.3) is 11.3 Å². The van der Waals surface area contributed by atoms with Crippen LogP contribution in [0, 0.1) is 5.82 Å². The standard InChI is InChI=1S/C12H13BrFN3S/c1-7(2)15-6-11-12(16-17-18-11)9-5-8(13)3-4-10(9)14/h3-5,7,15H,6H2,1-2H3. The summed E-state index contributed by atoms with van der Waals surface area (Å²) in [7, 11) is 0. The Bertz CT molecular complexity index is 542. The topological polar surface area (TPSA) is 37.8 Å². The predicted octanol–water partition coefficient (Wildman–Crippen LogP) is 3.60. The van der Waals surface area contributed by atoms with E-state index in [0.717, 1.165) is 9.35 Å². The fourth-order valence-electron chi connectivity index (χ4n) is 1.51. The second-order valence-corrected chi connectivity index (χ2v) is 5.96. The van der Waals surface area contributed by atoms with Crippen molar-refractivity contribution in [2.45, 2.75) is 26.4 Å². The maximum Gasteiger partial charge on any atom is 0.132 e. The molecule has 2 rings (SSSR count). The fourth-order valence-corrected chi connectivity index (χ4v) is 2.47. The molecule has 6 heteroatoms. The largest absolute Gasteiger partial charge is 0.310 e. The molecule has 0 bridgehead atoms. The average molecular weight is 330 g/mol. The van der Waals surface area contributed by atoms with Crippen LogP contribution < -0.4 is 5.32 Å². The molecule has 3 nitrogen and oxygen atoms in total. The van der Waals surface area contributed by atoms with E-state index in [1.807, 2.05) is 0 Å². The van der Waals surface area contributed by atoms with Gasteiger partial charge < -0.3 is 5.32 Å². The van der Waals surface area contributed by atoms with Crippen LogP contribution in [0.3, 0.4) is 0 Å². The van der Waals surface area contributed by atoms with Gasteiger partial charge in [0, 0.05) is 22.6 Å². The van der Waals surface area contributed by atoms with Crippen molar-refractivity contribution in [3.63, 3.8) is 0 Å². The van der Waals surface area contributed by atoms with E-state index < -0.39 is 0 Å². The summed E-state index contributed by atoms with van der Waals surface area (Å²) in [6, 6.07) is 5.20. The lowest BCUT2D eigenvalue weighted by molar-refractivity contribution is 0.592. The molecule has 2 aromatic rings. The highest BCUT2D eigenvalue weighted by molar-refractivity contribution is 9.10. The molecule has 1 aromatic carbocycles. The van der Waals surface area contributed by atoms with Crippen LogP contribution in [0.5, 0.6) is 0 Å². The minimum absolute atomic E-state index is 0.281. The first-order valence-electron chi connectivity index (χ1n) is 5.58. The summed E-state index contributed by atoms with van der Waals surface area (Å²) in [6.45, 7) is 4.78. The molecule has 0 saturated carbocycles. The summed E-state index contributed by atoms with van der Waals surface area (Å²) in [6.07, 6.45) is 0. The molecule has 1 aromatic heterocycles. The first-order chi connectivity index (χ1) is 8.58. The highest BCUT2D eigenvalue weighted by atomic mass is 79.9. The highest BCUT2D eigenvalue weighted by Gasteiger charge is 2.14. The average Bonchev–Trinajstić information content (AvgIpc) is 2.77. The molecule has 0 fully saturated rings. The van der Waals surface area contributed by atoms with Crippen LogP contribution in [-0.4, -0.2) is 15.6 Å². The quantitative estimate of drug-likeness (QED) is 0.931. The van der Waals surface area contributed by atoms with Gasteiger partial charge in [-0.1, -0.05) is 34.3 Å². The molecule has 0 unspecified atom stereocenters. The summed E-state index contributed by atoms with van der Waals surface area (Å²) in [5.41, 5.74) is 1.10. The van der Waals surface area contributed by atoms with E-state index in [9.17, 15) is 4.39 Å². The van der Waals surface area contributed by atoms with Crippen molar-refractivity contribution >= 4 is 27.5 Å². The molecule has 96 valence electrons. The maximum absolute atomic E-state index is 13.8. The minimum Gasteiger partial charge on any atom is -0.310 e. The molecule has 0 aliphatic carbocycles. The van der Waals surface area contributed by atoms with Gasteiger partial charge in [-0.15, -0.1) is 5.10 Å². The van der Waals surface area contributed by atoms with Crippen LogP contribution in [0.2, 0.25) is 0 Å². The number of aromatic nitrogens is 2. The second kappa shape index (κ2) is 5.86. The van der Waals surface area contributed by atoms with E-state index in [2.05, 4.69) is 44.7 Å². The molecular weight excluding hydrogens is 317 g/mol. The smallest absolute Gasteiger partial charge is 0.132 e. The van der Waals surface area contributed by atoms with E-state index in [0.29, 0.717) is 23.8 Å². The number of rotatable bonds is 4. The molecule has 0 spiro atoms. The second-order valence-electron chi connectivity index (χ2n) is 4.20. The summed E-state index contributed by atoms with van der Waals surface area (Å²) >= 11 is 4.64. The molecule has 0 aliphatic heterocycles. The highest BCUT2D eigenvalue weighted by Crippen LogP contribution is 2.28. The summed E-state index contributed by atoms with van der Waals surface area (Å²) in [4.78, 5) is 0.945. The van der Waals surface area contributed by atoms with Gasteiger partial charge >= 0.3 is 0 Å². The third-order valence-corrected chi connectivity index (χ3v) is 3.62. The lowest BCUT2D eigenvalue weighted by Gasteiger charge is -2.07. The van der Waals surface area contributed by atoms with E-state index in [1.165, 1.54) is 17.6 Å². The zero-order valence-electron chi connectivity index (χ0n) is 10.1. The Balaban J connectivity index is 2.33. The Morgan fingerprint density at radius 3 is 2.94 bits per heavy atom. The molecule has 0 atom stereocenters. The fraction of sp³-hybridized carbons (Fsp3) is 0.333. The normalized spacial score (nSPS) is 11.2. The zero-order chi connectivity index (χ0) is 13.1. The van der Waals surface area contributed by atoms with Crippen molar-refractivity contribution < 1.29 is 4.39 Å². The Morgan fingerprint density at radius 1 is 1.44 bits per heavy atom. The van der Waals surface area contributed by atoms with Gasteiger partial charge in [-0.3, -0.25) is 0 Å². The first-order valence-corrected chi connectivity index (χ1v) is 7.14. The van der Waals surface area contributed by atoms with Crippen LogP contribution in [0.1, 0.15) is 18.7 Å². The van der Waals surface area contributed by atoms with Gasteiger partial charge in [-0.2, -0.15) is 0 Å². The summed E-state index contributed by atoms with van der Waals surface area (Å²) < 4.78 is 18.6. The molecule has 18 heavy (non-hydrogen) atoms. The molecule has 0 radical (unpaired) electrons. The van der Waals surface area contributed by atoms with Gasteiger partial charge in [-0.25, -0.2) is 4.39 Å². The van der Waals surface area contributed by atoms with Crippen LogP contribution >= 0.6 is 27.5 Å². The predicted molar refractivity (Wildman–Crippen MR) is 75.0 cm³/mol. The lowest BCUT2D eigenvalue weighted by Crippen LogP contribution is -2.21. The molecule has 1 heterocycles. The number of halogens is 2. The Labute approximate surface area is 118 Å². The molecule has 0 amide bonds. The van der Waals surface area contributed by atoms with Crippen molar-refractivity contribution in [2.24, 2.45) is 0 Å². The lowest BCUT2D eigenvalue weighted by atomic mass is 10.1. The van der Waals surface area contributed by atoms with Gasteiger partial charge in [0.05, 0.1) is 4.88 Å². The number of benzene rings is 1. The molecule has 0 saturated heterocycles. The minimum atomic E-state index is -0.281. The number of nitrogens with one attached hydrogen (secondary N) is 1. The van der Waals surface area contributed by atoms with Crippen LogP contribution in [-0.2, 0) is 6.54 Å². The summed E-state index contributed by atoms with van der Waals surface area (Å²) in [5.74, 6) is -0.281. The van der Waals surface area contributed by atoms with Crippen molar-refractivity contribution in [2.75, 3.05) is 0 Å². The molecule has 1 N–H and O–H groups in total. The molecule has 0 aliphatic rings. The molecular formula is C12H13BrFN3S.